The number of nitrogens with zero attached hydrogens (tertiary/aromatic N) is 1. The number of hydrogen-bond acceptors (Lipinski definition) is 4. The molecule has 0 N–H and O–H groups in total. The van der Waals surface area contributed by atoms with Gasteiger partial charge < -0.3 is 18.8 Å². The fourth-order valence-corrected chi connectivity index (χ4v) is 3.72. The van der Waals surface area contributed by atoms with Crippen molar-refractivity contribution in [3.8, 4) is 17.2 Å². The van der Waals surface area contributed by atoms with Crippen molar-refractivity contribution in [3.05, 3.63) is 52.9 Å². The maximum absolute atomic E-state index is 13.2. The smallest absolute Gasteiger partial charge is 0.259 e. The average Bonchev–Trinajstić information content (AvgIpc) is 2.72. The molecule has 27 heavy (non-hydrogen) atoms. The van der Waals surface area contributed by atoms with Gasteiger partial charge in [-0.05, 0) is 64.2 Å². The van der Waals surface area contributed by atoms with Gasteiger partial charge in [0.2, 0.25) is 0 Å². The topological polar surface area (TPSA) is 49.7 Å². The molecular formula is C22H21NO4. The summed E-state index contributed by atoms with van der Waals surface area (Å²) in [6.45, 7) is 2.58. The molecule has 0 atom stereocenters. The molecule has 0 radical (unpaired) electrons. The normalized spacial score (nSPS) is 11.3. The zero-order valence-corrected chi connectivity index (χ0v) is 15.8. The summed E-state index contributed by atoms with van der Waals surface area (Å²) in [7, 11) is 4.85. The molecule has 5 nitrogen and oxygen atoms in total. The van der Waals surface area contributed by atoms with Crippen LogP contribution in [0.1, 0.15) is 6.92 Å². The molecule has 138 valence electrons. The van der Waals surface area contributed by atoms with E-state index >= 15 is 0 Å². The van der Waals surface area contributed by atoms with E-state index in [1.165, 1.54) is 0 Å². The molecule has 3 aromatic carbocycles. The summed E-state index contributed by atoms with van der Waals surface area (Å²) in [6.07, 6.45) is 1.85. The fraction of sp³-hybridized carbons (Fsp3) is 0.227. The Labute approximate surface area is 156 Å². The van der Waals surface area contributed by atoms with Crippen molar-refractivity contribution in [2.75, 3.05) is 21.3 Å². The van der Waals surface area contributed by atoms with Crippen molar-refractivity contribution in [1.29, 1.82) is 0 Å². The second kappa shape index (κ2) is 6.50. The molecule has 1 heterocycles. The van der Waals surface area contributed by atoms with Crippen molar-refractivity contribution in [3.63, 3.8) is 0 Å². The predicted molar refractivity (Wildman–Crippen MR) is 109 cm³/mol. The molecule has 1 aromatic heterocycles. The van der Waals surface area contributed by atoms with Crippen molar-refractivity contribution in [1.82, 2.24) is 4.57 Å². The summed E-state index contributed by atoms with van der Waals surface area (Å²) in [6, 6.07) is 11.7. The van der Waals surface area contributed by atoms with Gasteiger partial charge >= 0.3 is 0 Å². The number of benzene rings is 3. The fourth-order valence-electron chi connectivity index (χ4n) is 3.72. The van der Waals surface area contributed by atoms with E-state index in [2.05, 4.69) is 0 Å². The number of fused-ring (bicyclic) bond motifs is 6. The van der Waals surface area contributed by atoms with Gasteiger partial charge in [-0.3, -0.25) is 4.79 Å². The van der Waals surface area contributed by atoms with E-state index in [1.807, 2.05) is 49.5 Å². The van der Waals surface area contributed by atoms with Crippen LogP contribution in [-0.4, -0.2) is 25.9 Å². The quantitative estimate of drug-likeness (QED) is 0.506. The SMILES string of the molecule is CCn1ccc2c3ccc(OC)cc3c3cc(OC)c(OC)cc3c2c1=O. The van der Waals surface area contributed by atoms with Gasteiger partial charge in [0.05, 0.1) is 26.7 Å². The van der Waals surface area contributed by atoms with E-state index in [-0.39, 0.29) is 5.56 Å². The first-order valence-corrected chi connectivity index (χ1v) is 8.81. The van der Waals surface area contributed by atoms with Crippen molar-refractivity contribution in [2.45, 2.75) is 13.5 Å². The molecule has 0 aliphatic rings. The van der Waals surface area contributed by atoms with Crippen LogP contribution < -0.4 is 19.8 Å². The van der Waals surface area contributed by atoms with Crippen LogP contribution in [0.25, 0.3) is 32.3 Å². The lowest BCUT2D eigenvalue weighted by Crippen LogP contribution is -2.18. The van der Waals surface area contributed by atoms with Gasteiger partial charge in [0.25, 0.3) is 5.56 Å². The second-order valence-corrected chi connectivity index (χ2v) is 6.36. The molecule has 5 heteroatoms. The molecule has 0 saturated heterocycles. The minimum absolute atomic E-state index is 0.00932. The number of ether oxygens (including phenoxy) is 3. The molecule has 0 fully saturated rings. The van der Waals surface area contributed by atoms with E-state index in [9.17, 15) is 4.79 Å². The molecule has 0 bridgehead atoms. The number of hydrogen-bond donors (Lipinski definition) is 0. The predicted octanol–water partition coefficient (Wildman–Crippen LogP) is 4.35. The second-order valence-electron chi connectivity index (χ2n) is 6.36. The van der Waals surface area contributed by atoms with Crippen molar-refractivity contribution < 1.29 is 14.2 Å². The molecule has 0 spiro atoms. The van der Waals surface area contributed by atoms with Crippen LogP contribution in [0, 0.1) is 0 Å². The number of aromatic nitrogens is 1. The maximum Gasteiger partial charge on any atom is 0.259 e. The highest BCUT2D eigenvalue weighted by Gasteiger charge is 2.16. The van der Waals surface area contributed by atoms with Gasteiger partial charge in [-0.15, -0.1) is 0 Å². The molecule has 0 amide bonds. The third kappa shape index (κ3) is 2.50. The third-order valence-corrected chi connectivity index (χ3v) is 5.11. The molecule has 4 rings (SSSR count). The van der Waals surface area contributed by atoms with Crippen LogP contribution in [0.3, 0.4) is 0 Å². The summed E-state index contributed by atoms with van der Waals surface area (Å²) < 4.78 is 18.1. The van der Waals surface area contributed by atoms with Crippen LogP contribution in [0.5, 0.6) is 17.2 Å². The van der Waals surface area contributed by atoms with Crippen molar-refractivity contribution in [2.24, 2.45) is 0 Å². The first kappa shape index (κ1) is 17.2. The van der Waals surface area contributed by atoms with E-state index in [1.54, 1.807) is 25.9 Å². The van der Waals surface area contributed by atoms with E-state index in [0.29, 0.717) is 23.4 Å². The number of rotatable bonds is 4. The molecule has 0 saturated carbocycles. The minimum Gasteiger partial charge on any atom is -0.497 e. The Hall–Kier alpha value is -3.21. The minimum atomic E-state index is -0.00932. The van der Waals surface area contributed by atoms with Crippen molar-refractivity contribution >= 4 is 32.3 Å². The van der Waals surface area contributed by atoms with E-state index in [4.69, 9.17) is 14.2 Å². The largest absolute Gasteiger partial charge is 0.497 e. The number of pyridine rings is 1. The molecule has 4 aromatic rings. The Morgan fingerprint density at radius 2 is 1.44 bits per heavy atom. The summed E-state index contributed by atoms with van der Waals surface area (Å²) >= 11 is 0. The lowest BCUT2D eigenvalue weighted by molar-refractivity contribution is 0.356. The Morgan fingerprint density at radius 1 is 0.778 bits per heavy atom. The summed E-state index contributed by atoms with van der Waals surface area (Å²) in [5.41, 5.74) is -0.00932. The first-order chi connectivity index (χ1) is 13.1. The van der Waals surface area contributed by atoms with Gasteiger partial charge in [0.1, 0.15) is 5.75 Å². The standard InChI is InChI=1S/C22H21NO4/c1-5-23-9-8-15-14-7-6-13(25-2)10-16(14)17-11-19(26-3)20(27-4)12-18(17)21(15)22(23)24/h6-12H,5H2,1-4H3. The highest BCUT2D eigenvalue weighted by Crippen LogP contribution is 2.40. The lowest BCUT2D eigenvalue weighted by Gasteiger charge is -2.15. The van der Waals surface area contributed by atoms with Gasteiger partial charge in [-0.1, -0.05) is 6.07 Å². The van der Waals surface area contributed by atoms with Crippen LogP contribution in [0.15, 0.2) is 47.4 Å². The molecule has 0 aliphatic heterocycles. The number of methoxy groups -OCH3 is 3. The molecule has 0 aliphatic carbocycles. The monoisotopic (exact) mass is 363 g/mol. The van der Waals surface area contributed by atoms with E-state index < -0.39 is 0 Å². The average molecular weight is 363 g/mol. The van der Waals surface area contributed by atoms with Gasteiger partial charge in [-0.2, -0.15) is 0 Å². The molecular weight excluding hydrogens is 342 g/mol. The maximum atomic E-state index is 13.2. The highest BCUT2D eigenvalue weighted by atomic mass is 16.5. The zero-order valence-electron chi connectivity index (χ0n) is 15.8. The summed E-state index contributed by atoms with van der Waals surface area (Å²) in [4.78, 5) is 13.2. The highest BCUT2D eigenvalue weighted by molar-refractivity contribution is 6.25. The molecule has 0 unspecified atom stereocenters. The lowest BCUT2D eigenvalue weighted by atomic mass is 9.94. The first-order valence-electron chi connectivity index (χ1n) is 8.81. The van der Waals surface area contributed by atoms with Gasteiger partial charge in [0, 0.05) is 12.7 Å². The Morgan fingerprint density at radius 3 is 2.07 bits per heavy atom. The van der Waals surface area contributed by atoms with Crippen LogP contribution in [0.4, 0.5) is 0 Å². The Balaban J connectivity index is 2.33. The number of aryl methyl sites for hydroxylation is 1. The Bertz CT molecular complexity index is 1240. The van der Waals surface area contributed by atoms with Crippen LogP contribution in [0.2, 0.25) is 0 Å². The van der Waals surface area contributed by atoms with Gasteiger partial charge in [-0.25, -0.2) is 0 Å². The van der Waals surface area contributed by atoms with Gasteiger partial charge in [0.15, 0.2) is 11.5 Å². The summed E-state index contributed by atoms with van der Waals surface area (Å²) in [5.74, 6) is 1.99. The van der Waals surface area contributed by atoms with Crippen LogP contribution >= 0.6 is 0 Å². The Kier molecular flexibility index (Phi) is 4.15. The third-order valence-electron chi connectivity index (χ3n) is 5.11. The van der Waals surface area contributed by atoms with E-state index in [0.717, 1.165) is 32.7 Å². The summed E-state index contributed by atoms with van der Waals surface area (Å²) in [5, 5.41) is 5.39. The van der Waals surface area contributed by atoms with Crippen LogP contribution in [-0.2, 0) is 6.54 Å². The zero-order chi connectivity index (χ0) is 19.1.